The predicted molar refractivity (Wildman–Crippen MR) is 46.6 cm³/mol. The second-order valence-corrected chi connectivity index (χ2v) is 2.90. The van der Waals surface area contributed by atoms with Crippen LogP contribution in [0.2, 0.25) is 0 Å². The van der Waals surface area contributed by atoms with Gasteiger partial charge in [0.25, 0.3) is 0 Å². The van der Waals surface area contributed by atoms with Gasteiger partial charge in [0.15, 0.2) is 0 Å². The monoisotopic (exact) mass is 160 g/mol. The molecule has 0 aliphatic rings. The normalized spacial score (nSPS) is 13.4. The number of rotatable bonds is 7. The zero-order chi connectivity index (χ0) is 8.53. The summed E-state index contributed by atoms with van der Waals surface area (Å²) in [6, 6.07) is 0. The van der Waals surface area contributed by atoms with Gasteiger partial charge in [0, 0.05) is 13.2 Å². The molecule has 0 radical (unpaired) electrons. The van der Waals surface area contributed by atoms with Gasteiger partial charge in [-0.1, -0.05) is 19.8 Å². The number of aliphatic hydroxyl groups is 1. The van der Waals surface area contributed by atoms with Crippen LogP contribution in [0.5, 0.6) is 0 Å². The Morgan fingerprint density at radius 1 is 1.36 bits per heavy atom. The van der Waals surface area contributed by atoms with E-state index in [2.05, 4.69) is 6.92 Å². The van der Waals surface area contributed by atoms with Crippen LogP contribution in [0.4, 0.5) is 0 Å². The van der Waals surface area contributed by atoms with E-state index in [1.807, 2.05) is 6.92 Å². The van der Waals surface area contributed by atoms with Crippen molar-refractivity contribution in [1.29, 1.82) is 0 Å². The Balaban J connectivity index is 2.97. The van der Waals surface area contributed by atoms with Crippen LogP contribution >= 0.6 is 0 Å². The minimum Gasteiger partial charge on any atom is -0.396 e. The second kappa shape index (κ2) is 8.02. The van der Waals surface area contributed by atoms with Gasteiger partial charge < -0.3 is 9.84 Å². The van der Waals surface area contributed by atoms with E-state index >= 15 is 0 Å². The molecule has 0 aromatic carbocycles. The molecule has 1 N–H and O–H groups in total. The summed E-state index contributed by atoms with van der Waals surface area (Å²) in [6.07, 6.45) is 4.60. The first kappa shape index (κ1) is 10.9. The molecule has 2 nitrogen and oxygen atoms in total. The van der Waals surface area contributed by atoms with Crippen molar-refractivity contribution in [3.8, 4) is 0 Å². The van der Waals surface area contributed by atoms with Crippen molar-refractivity contribution in [3.05, 3.63) is 0 Å². The van der Waals surface area contributed by atoms with Gasteiger partial charge in [-0.3, -0.25) is 0 Å². The molecule has 0 saturated heterocycles. The smallest absolute Gasteiger partial charge is 0.0568 e. The summed E-state index contributed by atoms with van der Waals surface area (Å²) in [5.74, 6) is 0. The summed E-state index contributed by atoms with van der Waals surface area (Å²) < 4.78 is 5.42. The van der Waals surface area contributed by atoms with Crippen LogP contribution in [-0.4, -0.2) is 24.4 Å². The first-order valence-corrected chi connectivity index (χ1v) is 4.53. The van der Waals surface area contributed by atoms with Gasteiger partial charge in [-0.25, -0.2) is 0 Å². The molecule has 0 fully saturated rings. The molecule has 0 aromatic heterocycles. The third kappa shape index (κ3) is 7.82. The lowest BCUT2D eigenvalue weighted by Crippen LogP contribution is -2.10. The summed E-state index contributed by atoms with van der Waals surface area (Å²) >= 11 is 0. The molecule has 0 aromatic rings. The van der Waals surface area contributed by atoms with E-state index in [9.17, 15) is 0 Å². The minimum atomic E-state index is 0.219. The highest BCUT2D eigenvalue weighted by atomic mass is 16.5. The van der Waals surface area contributed by atoms with Gasteiger partial charge in [0.1, 0.15) is 0 Å². The Bertz CT molecular complexity index is 74.0. The second-order valence-electron chi connectivity index (χ2n) is 2.90. The van der Waals surface area contributed by atoms with Crippen molar-refractivity contribution in [2.75, 3.05) is 13.2 Å². The maximum atomic E-state index is 8.56. The van der Waals surface area contributed by atoms with Crippen molar-refractivity contribution < 1.29 is 9.84 Å². The molecule has 0 bridgehead atoms. The molecule has 0 saturated carbocycles. The van der Waals surface area contributed by atoms with E-state index in [-0.39, 0.29) is 12.7 Å². The maximum Gasteiger partial charge on any atom is 0.0568 e. The average Bonchev–Trinajstić information content (AvgIpc) is 1.99. The standard InChI is InChI=1S/C9H20O2/c1-3-4-5-8-11-9(2)6-7-10/h9-10H,3-8H2,1-2H3/t9-/m0/s1. The maximum absolute atomic E-state index is 8.56. The van der Waals surface area contributed by atoms with Gasteiger partial charge in [-0.2, -0.15) is 0 Å². The summed E-state index contributed by atoms with van der Waals surface area (Å²) in [5.41, 5.74) is 0. The van der Waals surface area contributed by atoms with Crippen LogP contribution in [-0.2, 0) is 4.74 Å². The molecule has 68 valence electrons. The predicted octanol–water partition coefficient (Wildman–Crippen LogP) is 1.96. The van der Waals surface area contributed by atoms with Gasteiger partial charge in [-0.05, 0) is 19.8 Å². The van der Waals surface area contributed by atoms with E-state index in [4.69, 9.17) is 9.84 Å². The fourth-order valence-electron chi connectivity index (χ4n) is 0.902. The van der Waals surface area contributed by atoms with E-state index in [0.29, 0.717) is 0 Å². The lowest BCUT2D eigenvalue weighted by atomic mass is 10.2. The molecule has 0 aliphatic heterocycles. The van der Waals surface area contributed by atoms with E-state index in [1.54, 1.807) is 0 Å². The van der Waals surface area contributed by atoms with Crippen LogP contribution in [0.1, 0.15) is 39.5 Å². The lowest BCUT2D eigenvalue weighted by molar-refractivity contribution is 0.0458. The van der Waals surface area contributed by atoms with Gasteiger partial charge in [-0.15, -0.1) is 0 Å². The van der Waals surface area contributed by atoms with Gasteiger partial charge in [0.2, 0.25) is 0 Å². The van der Waals surface area contributed by atoms with E-state index in [0.717, 1.165) is 19.4 Å². The molecule has 0 unspecified atom stereocenters. The third-order valence-corrected chi connectivity index (χ3v) is 1.69. The van der Waals surface area contributed by atoms with Gasteiger partial charge >= 0.3 is 0 Å². The zero-order valence-electron chi connectivity index (χ0n) is 7.68. The fraction of sp³-hybridized carbons (Fsp3) is 1.00. The fourth-order valence-corrected chi connectivity index (χ4v) is 0.902. The molecule has 0 spiro atoms. The van der Waals surface area contributed by atoms with E-state index < -0.39 is 0 Å². The Morgan fingerprint density at radius 3 is 2.64 bits per heavy atom. The summed E-state index contributed by atoms with van der Waals surface area (Å²) in [5, 5.41) is 8.56. The minimum absolute atomic E-state index is 0.219. The molecule has 0 heterocycles. The Morgan fingerprint density at radius 2 is 2.09 bits per heavy atom. The van der Waals surface area contributed by atoms with Crippen molar-refractivity contribution >= 4 is 0 Å². The Hall–Kier alpha value is -0.0800. The van der Waals surface area contributed by atoms with Crippen LogP contribution in [0.15, 0.2) is 0 Å². The first-order valence-electron chi connectivity index (χ1n) is 4.53. The SMILES string of the molecule is CCCCCO[C@@H](C)CCO. The number of aliphatic hydroxyl groups excluding tert-OH is 1. The quantitative estimate of drug-likeness (QED) is 0.577. The van der Waals surface area contributed by atoms with Gasteiger partial charge in [0.05, 0.1) is 6.10 Å². The van der Waals surface area contributed by atoms with Crippen LogP contribution < -0.4 is 0 Å². The summed E-state index contributed by atoms with van der Waals surface area (Å²) in [4.78, 5) is 0. The summed E-state index contributed by atoms with van der Waals surface area (Å²) in [7, 11) is 0. The molecule has 0 aliphatic carbocycles. The Kier molecular flexibility index (Phi) is 7.96. The molecular formula is C9H20O2. The molecule has 2 heteroatoms. The molecular weight excluding hydrogens is 140 g/mol. The van der Waals surface area contributed by atoms with Crippen LogP contribution in [0, 0.1) is 0 Å². The van der Waals surface area contributed by atoms with Crippen molar-refractivity contribution in [2.45, 2.75) is 45.6 Å². The molecule has 1 atom stereocenters. The first-order chi connectivity index (χ1) is 5.31. The van der Waals surface area contributed by atoms with Crippen molar-refractivity contribution in [3.63, 3.8) is 0 Å². The highest BCUT2D eigenvalue weighted by molar-refractivity contribution is 4.48. The Labute approximate surface area is 69.6 Å². The molecule has 0 rings (SSSR count). The summed E-state index contributed by atoms with van der Waals surface area (Å²) in [6.45, 7) is 5.25. The lowest BCUT2D eigenvalue weighted by Gasteiger charge is -2.10. The third-order valence-electron chi connectivity index (χ3n) is 1.69. The largest absolute Gasteiger partial charge is 0.396 e. The number of hydrogen-bond acceptors (Lipinski definition) is 2. The van der Waals surface area contributed by atoms with Crippen LogP contribution in [0.3, 0.4) is 0 Å². The van der Waals surface area contributed by atoms with Crippen molar-refractivity contribution in [1.82, 2.24) is 0 Å². The number of unbranched alkanes of at least 4 members (excludes halogenated alkanes) is 2. The number of ether oxygens (including phenoxy) is 1. The topological polar surface area (TPSA) is 29.5 Å². The highest BCUT2D eigenvalue weighted by Crippen LogP contribution is 2.00. The van der Waals surface area contributed by atoms with Crippen LogP contribution in [0.25, 0.3) is 0 Å². The average molecular weight is 160 g/mol. The van der Waals surface area contributed by atoms with Crippen molar-refractivity contribution in [2.24, 2.45) is 0 Å². The zero-order valence-corrected chi connectivity index (χ0v) is 7.68. The highest BCUT2D eigenvalue weighted by Gasteiger charge is 1.98. The van der Waals surface area contributed by atoms with E-state index in [1.165, 1.54) is 12.8 Å². The molecule has 0 amide bonds. The molecule has 11 heavy (non-hydrogen) atoms. The number of hydrogen-bond donors (Lipinski definition) is 1.